The average Bonchev–Trinajstić information content (AvgIpc) is 2.40. The first kappa shape index (κ1) is 26.1. The fraction of sp³-hybridized carbons (Fsp3) is 1.00. The summed E-state index contributed by atoms with van der Waals surface area (Å²) in [7, 11) is -6.50. The molecular formula is C8H7F10KO3S. The first-order chi connectivity index (χ1) is 9.65. The van der Waals surface area contributed by atoms with Gasteiger partial charge in [0.2, 0.25) is 6.17 Å². The molecule has 0 fully saturated rings. The zero-order valence-corrected chi connectivity index (χ0v) is 14.9. The van der Waals surface area contributed by atoms with Gasteiger partial charge in [0.25, 0.3) is 11.9 Å². The minimum absolute atomic E-state index is 0. The first-order valence-electron chi connectivity index (χ1n) is 5.10. The number of rotatable bonds is 8. The molecule has 0 aromatic heterocycles. The van der Waals surface area contributed by atoms with Crippen LogP contribution in [-0.4, -0.2) is 61.7 Å². The molecule has 0 aromatic carbocycles. The second-order valence-corrected chi connectivity index (χ2v) is 5.40. The van der Waals surface area contributed by atoms with E-state index in [-0.39, 0.29) is 51.4 Å². The molecule has 15 heteroatoms. The summed E-state index contributed by atoms with van der Waals surface area (Å²) >= 11 is 0. The van der Waals surface area contributed by atoms with Crippen LogP contribution in [0.15, 0.2) is 0 Å². The van der Waals surface area contributed by atoms with Crippen LogP contribution in [0, 0.1) is 0 Å². The molecule has 23 heavy (non-hydrogen) atoms. The van der Waals surface area contributed by atoms with Crippen LogP contribution in [0.1, 0.15) is 0 Å². The molecule has 0 aromatic rings. The van der Waals surface area contributed by atoms with Crippen molar-refractivity contribution in [3.63, 3.8) is 0 Å². The van der Waals surface area contributed by atoms with Crippen LogP contribution in [0.4, 0.5) is 43.9 Å². The van der Waals surface area contributed by atoms with Gasteiger partial charge in [0.15, 0.2) is 24.7 Å². The van der Waals surface area contributed by atoms with E-state index >= 15 is 0 Å². The smallest absolute Gasteiger partial charge is 0.746 e. The maximum Gasteiger partial charge on any atom is 1.00 e. The summed E-state index contributed by atoms with van der Waals surface area (Å²) in [6, 6.07) is 0. The molecule has 0 radical (unpaired) electrons. The standard InChI is InChI=1S/C8H8F10O3S.K/c9-1(2(10)4(12)6(14)15)3(11)5(13)8(17,18)7(16)22(19,20)21;/h1-7H,(H,19,20,21);/q;+1/p-1. The number of hydrogen-bond acceptors (Lipinski definition) is 3. The van der Waals surface area contributed by atoms with Gasteiger partial charge in [-0.1, -0.05) is 0 Å². The van der Waals surface area contributed by atoms with Gasteiger partial charge < -0.3 is 4.55 Å². The molecule has 0 aliphatic heterocycles. The Hall–Kier alpha value is 0.846. The Morgan fingerprint density at radius 1 is 0.739 bits per heavy atom. The van der Waals surface area contributed by atoms with Gasteiger partial charge in [-0.25, -0.2) is 43.5 Å². The topological polar surface area (TPSA) is 57.2 Å². The second kappa shape index (κ2) is 9.52. The SMILES string of the molecule is O=S(=O)([O-])C(F)C(F)(F)C(F)C(F)C(F)C(F)C(F)C(F)F.[K+]. The van der Waals surface area contributed by atoms with E-state index in [9.17, 15) is 56.9 Å². The van der Waals surface area contributed by atoms with E-state index in [2.05, 4.69) is 0 Å². The van der Waals surface area contributed by atoms with Gasteiger partial charge in [0, 0.05) is 0 Å². The maximum atomic E-state index is 13.0. The monoisotopic (exact) mass is 412 g/mol. The molecule has 0 aliphatic carbocycles. The molecule has 6 unspecified atom stereocenters. The number of halogens is 10. The summed E-state index contributed by atoms with van der Waals surface area (Å²) in [6.45, 7) is 0. The Morgan fingerprint density at radius 2 is 1.09 bits per heavy atom. The quantitative estimate of drug-likeness (QED) is 0.305. The van der Waals surface area contributed by atoms with Crippen molar-refractivity contribution in [2.75, 3.05) is 0 Å². The second-order valence-electron chi connectivity index (χ2n) is 4.00. The summed E-state index contributed by atoms with van der Waals surface area (Å²) < 4.78 is 155. The van der Waals surface area contributed by atoms with Gasteiger partial charge in [0.1, 0.15) is 10.1 Å². The van der Waals surface area contributed by atoms with Gasteiger partial charge in [0.05, 0.1) is 0 Å². The normalized spacial score (nSPS) is 21.0. The van der Waals surface area contributed by atoms with Crippen LogP contribution in [0.3, 0.4) is 0 Å². The maximum absolute atomic E-state index is 13.0. The third-order valence-corrected chi connectivity index (χ3v) is 3.18. The predicted octanol–water partition coefficient (Wildman–Crippen LogP) is -0.578. The third kappa shape index (κ3) is 6.58. The largest absolute Gasteiger partial charge is 1.00 e. The van der Waals surface area contributed by atoms with Crippen LogP contribution in [0.5, 0.6) is 0 Å². The Morgan fingerprint density at radius 3 is 1.39 bits per heavy atom. The van der Waals surface area contributed by atoms with Gasteiger partial charge >= 0.3 is 57.3 Å². The third-order valence-electron chi connectivity index (χ3n) is 2.36. The van der Waals surface area contributed by atoms with Crippen molar-refractivity contribution in [1.82, 2.24) is 0 Å². The molecule has 3 nitrogen and oxygen atoms in total. The molecule has 0 saturated heterocycles. The van der Waals surface area contributed by atoms with Crippen molar-refractivity contribution >= 4 is 10.1 Å². The summed E-state index contributed by atoms with van der Waals surface area (Å²) in [4.78, 5) is 0. The van der Waals surface area contributed by atoms with Crippen LogP contribution < -0.4 is 51.4 Å². The summed E-state index contributed by atoms with van der Waals surface area (Å²) in [5, 5.41) is 0. The predicted molar refractivity (Wildman–Crippen MR) is 50.0 cm³/mol. The summed E-state index contributed by atoms with van der Waals surface area (Å²) in [5.41, 5.74) is -4.85. The van der Waals surface area contributed by atoms with Crippen LogP contribution in [0.25, 0.3) is 0 Å². The minimum atomic E-state index is -6.50. The Labute approximate surface area is 166 Å². The molecule has 134 valence electrons. The summed E-state index contributed by atoms with van der Waals surface area (Å²) in [5.74, 6) is -5.96. The van der Waals surface area contributed by atoms with Crippen molar-refractivity contribution < 1.29 is 108 Å². The zero-order valence-electron chi connectivity index (χ0n) is 11.0. The van der Waals surface area contributed by atoms with Gasteiger partial charge in [-0.2, -0.15) is 8.78 Å². The molecule has 0 aliphatic rings. The van der Waals surface area contributed by atoms with Crippen molar-refractivity contribution in [1.29, 1.82) is 0 Å². The van der Waals surface area contributed by atoms with Crippen LogP contribution in [0.2, 0.25) is 0 Å². The number of alkyl halides is 10. The van der Waals surface area contributed by atoms with Crippen molar-refractivity contribution in [3.05, 3.63) is 0 Å². The van der Waals surface area contributed by atoms with Gasteiger partial charge in [-0.05, 0) is 0 Å². The molecule has 0 amide bonds. The Balaban J connectivity index is 0. The molecule has 0 spiro atoms. The van der Waals surface area contributed by atoms with E-state index in [1.54, 1.807) is 0 Å². The zero-order chi connectivity index (χ0) is 18.0. The van der Waals surface area contributed by atoms with E-state index in [4.69, 9.17) is 0 Å². The van der Waals surface area contributed by atoms with Crippen LogP contribution in [-0.2, 0) is 10.1 Å². The number of hydrogen-bond donors (Lipinski definition) is 0. The average molecular weight is 412 g/mol. The van der Waals surface area contributed by atoms with Crippen LogP contribution >= 0.6 is 0 Å². The Bertz CT molecular complexity index is 463. The van der Waals surface area contributed by atoms with Crippen molar-refractivity contribution in [2.45, 2.75) is 48.7 Å². The van der Waals surface area contributed by atoms with E-state index in [0.29, 0.717) is 0 Å². The van der Waals surface area contributed by atoms with E-state index in [1.165, 1.54) is 0 Å². The van der Waals surface area contributed by atoms with Crippen molar-refractivity contribution in [3.8, 4) is 0 Å². The Kier molecular flexibility index (Phi) is 10.8. The minimum Gasteiger partial charge on any atom is -0.746 e. The molecule has 0 bridgehead atoms. The van der Waals surface area contributed by atoms with Gasteiger partial charge in [-0.15, -0.1) is 0 Å². The molecule has 0 N–H and O–H groups in total. The van der Waals surface area contributed by atoms with Gasteiger partial charge in [-0.3, -0.25) is 0 Å². The molecule has 0 rings (SSSR count). The van der Waals surface area contributed by atoms with E-state index in [1.807, 2.05) is 0 Å². The fourth-order valence-electron chi connectivity index (χ4n) is 1.18. The first-order valence-corrected chi connectivity index (χ1v) is 6.57. The molecular weight excluding hydrogens is 405 g/mol. The summed E-state index contributed by atoms with van der Waals surface area (Å²) in [6.07, 6.45) is -25.7. The fourth-order valence-corrected chi connectivity index (χ4v) is 1.70. The molecule has 0 saturated carbocycles. The molecule has 0 heterocycles. The molecule has 6 atom stereocenters. The van der Waals surface area contributed by atoms with Crippen molar-refractivity contribution in [2.24, 2.45) is 0 Å². The van der Waals surface area contributed by atoms with E-state index < -0.39 is 58.8 Å². The van der Waals surface area contributed by atoms with E-state index in [0.717, 1.165) is 0 Å².